The smallest absolute Gasteiger partial charge is 0.0611 e. The Labute approximate surface area is 92.6 Å². The summed E-state index contributed by atoms with van der Waals surface area (Å²) in [6.07, 6.45) is 5.77. The van der Waals surface area contributed by atoms with Crippen LogP contribution in [0, 0.1) is 5.92 Å². The van der Waals surface area contributed by atoms with Crippen molar-refractivity contribution >= 4 is 0 Å². The summed E-state index contributed by atoms with van der Waals surface area (Å²) in [6.45, 7) is 2.45. The van der Waals surface area contributed by atoms with Gasteiger partial charge in [0, 0.05) is 17.6 Å². The molecular weight excluding hydrogens is 188 g/mol. The second-order valence-corrected chi connectivity index (χ2v) is 5.70. The van der Waals surface area contributed by atoms with Crippen molar-refractivity contribution in [1.29, 1.82) is 0 Å². The average Bonchev–Trinajstić information content (AvgIpc) is 3.05. The van der Waals surface area contributed by atoms with Gasteiger partial charge < -0.3 is 15.7 Å². The molecule has 0 bridgehead atoms. The van der Waals surface area contributed by atoms with Crippen LogP contribution in [0.5, 0.6) is 0 Å². The Hall–Kier alpha value is -0.120. The number of hydrogen-bond donors (Lipinski definition) is 2. The van der Waals surface area contributed by atoms with E-state index >= 15 is 0 Å². The third-order valence-corrected chi connectivity index (χ3v) is 4.33. The van der Waals surface area contributed by atoms with Crippen LogP contribution >= 0.6 is 0 Å². The molecule has 0 aromatic heterocycles. The van der Waals surface area contributed by atoms with E-state index in [1.807, 2.05) is 0 Å². The fourth-order valence-corrected chi connectivity index (χ4v) is 2.87. The maximum atomic E-state index is 9.35. The van der Waals surface area contributed by atoms with E-state index in [0.29, 0.717) is 6.04 Å². The van der Waals surface area contributed by atoms with Crippen LogP contribution < -0.4 is 5.73 Å². The zero-order chi connectivity index (χ0) is 11.1. The maximum Gasteiger partial charge on any atom is 0.0611 e. The van der Waals surface area contributed by atoms with Gasteiger partial charge in [0.25, 0.3) is 0 Å². The number of aliphatic hydroxyl groups is 1. The molecule has 3 nitrogen and oxygen atoms in total. The maximum absolute atomic E-state index is 9.35. The van der Waals surface area contributed by atoms with Crippen LogP contribution in [0.2, 0.25) is 0 Å². The van der Waals surface area contributed by atoms with Gasteiger partial charge in [-0.25, -0.2) is 0 Å². The van der Waals surface area contributed by atoms with E-state index in [0.717, 1.165) is 31.2 Å². The molecule has 3 atom stereocenters. The zero-order valence-electron chi connectivity index (χ0n) is 9.95. The molecule has 2 aliphatic carbocycles. The predicted octanol–water partition coefficient (Wildman–Crippen LogP) is 0.959. The minimum absolute atomic E-state index is 0.134. The Morgan fingerprint density at radius 1 is 1.40 bits per heavy atom. The van der Waals surface area contributed by atoms with Gasteiger partial charge in [0.05, 0.1) is 6.61 Å². The summed E-state index contributed by atoms with van der Waals surface area (Å²) >= 11 is 0. The predicted molar refractivity (Wildman–Crippen MR) is 61.6 cm³/mol. The summed E-state index contributed by atoms with van der Waals surface area (Å²) in [6, 6.07) is 1.36. The molecular formula is C12H24N2O. The van der Waals surface area contributed by atoms with Crippen molar-refractivity contribution in [1.82, 2.24) is 4.90 Å². The lowest BCUT2D eigenvalue weighted by atomic mass is 9.74. The average molecular weight is 212 g/mol. The topological polar surface area (TPSA) is 49.5 Å². The zero-order valence-corrected chi connectivity index (χ0v) is 9.95. The van der Waals surface area contributed by atoms with Gasteiger partial charge >= 0.3 is 0 Å². The second kappa shape index (κ2) is 4.04. The number of rotatable bonds is 3. The van der Waals surface area contributed by atoms with Crippen molar-refractivity contribution in [3.8, 4) is 0 Å². The standard InChI is InChI=1S/C12H24N2O/c1-9-5-6-12(13,8-15)7-11(9)14(2)10-3-4-10/h9-11,15H,3-8,13H2,1-2H3. The molecule has 3 heteroatoms. The van der Waals surface area contributed by atoms with Crippen LogP contribution in [-0.4, -0.2) is 41.3 Å². The number of hydrogen-bond acceptors (Lipinski definition) is 3. The molecule has 88 valence electrons. The Morgan fingerprint density at radius 2 is 2.07 bits per heavy atom. The van der Waals surface area contributed by atoms with Gasteiger partial charge in [0.15, 0.2) is 0 Å². The van der Waals surface area contributed by atoms with Crippen molar-refractivity contribution < 1.29 is 5.11 Å². The highest BCUT2D eigenvalue weighted by Crippen LogP contribution is 2.37. The van der Waals surface area contributed by atoms with Crippen molar-refractivity contribution in [2.45, 2.75) is 56.7 Å². The molecule has 2 fully saturated rings. The molecule has 15 heavy (non-hydrogen) atoms. The molecule has 0 radical (unpaired) electrons. The van der Waals surface area contributed by atoms with E-state index in [4.69, 9.17) is 5.73 Å². The van der Waals surface area contributed by atoms with E-state index < -0.39 is 0 Å². The Kier molecular flexibility index (Phi) is 3.06. The highest BCUT2D eigenvalue weighted by atomic mass is 16.3. The molecule has 0 aromatic rings. The highest BCUT2D eigenvalue weighted by molar-refractivity contribution is 4.98. The molecule has 0 amide bonds. The molecule has 0 saturated heterocycles. The summed E-state index contributed by atoms with van der Waals surface area (Å²) in [5.74, 6) is 0.721. The molecule has 2 saturated carbocycles. The fourth-order valence-electron chi connectivity index (χ4n) is 2.87. The quantitative estimate of drug-likeness (QED) is 0.732. The van der Waals surface area contributed by atoms with Crippen molar-refractivity contribution in [3.05, 3.63) is 0 Å². The summed E-state index contributed by atoms with van der Waals surface area (Å²) in [5, 5.41) is 9.35. The van der Waals surface area contributed by atoms with Crippen LogP contribution in [-0.2, 0) is 0 Å². The van der Waals surface area contributed by atoms with Crippen molar-refractivity contribution in [2.24, 2.45) is 11.7 Å². The first-order valence-electron chi connectivity index (χ1n) is 6.17. The monoisotopic (exact) mass is 212 g/mol. The van der Waals surface area contributed by atoms with Crippen LogP contribution in [0.15, 0.2) is 0 Å². The summed E-state index contributed by atoms with van der Waals surface area (Å²) < 4.78 is 0. The first kappa shape index (κ1) is 11.4. The van der Waals surface area contributed by atoms with Gasteiger partial charge in [-0.2, -0.15) is 0 Å². The molecule has 2 aliphatic rings. The molecule has 0 aliphatic heterocycles. The molecule has 0 heterocycles. The Morgan fingerprint density at radius 3 is 2.60 bits per heavy atom. The highest BCUT2D eigenvalue weighted by Gasteiger charge is 2.41. The van der Waals surface area contributed by atoms with Crippen LogP contribution in [0.4, 0.5) is 0 Å². The molecule has 3 unspecified atom stereocenters. The molecule has 0 aromatic carbocycles. The van der Waals surface area contributed by atoms with E-state index in [2.05, 4.69) is 18.9 Å². The SMILES string of the molecule is CC1CCC(N)(CO)CC1N(C)C1CC1. The first-order valence-corrected chi connectivity index (χ1v) is 6.17. The van der Waals surface area contributed by atoms with Gasteiger partial charge in [-0.05, 0) is 45.1 Å². The second-order valence-electron chi connectivity index (χ2n) is 5.70. The number of aliphatic hydroxyl groups excluding tert-OH is 1. The van der Waals surface area contributed by atoms with Gasteiger partial charge in [0.1, 0.15) is 0 Å². The number of nitrogens with two attached hydrogens (primary N) is 1. The Bertz CT molecular complexity index is 230. The lowest BCUT2D eigenvalue weighted by Crippen LogP contribution is -2.55. The van der Waals surface area contributed by atoms with Gasteiger partial charge in [0.2, 0.25) is 0 Å². The van der Waals surface area contributed by atoms with Gasteiger partial charge in [-0.1, -0.05) is 6.92 Å². The Balaban J connectivity index is 2.01. The van der Waals surface area contributed by atoms with Crippen LogP contribution in [0.25, 0.3) is 0 Å². The van der Waals surface area contributed by atoms with E-state index in [1.54, 1.807) is 0 Å². The van der Waals surface area contributed by atoms with E-state index in [-0.39, 0.29) is 12.1 Å². The lowest BCUT2D eigenvalue weighted by molar-refractivity contribution is 0.0583. The van der Waals surface area contributed by atoms with Crippen LogP contribution in [0.3, 0.4) is 0 Å². The minimum Gasteiger partial charge on any atom is -0.394 e. The third-order valence-electron chi connectivity index (χ3n) is 4.33. The van der Waals surface area contributed by atoms with Gasteiger partial charge in [-0.3, -0.25) is 0 Å². The summed E-state index contributed by atoms with van der Waals surface area (Å²) in [7, 11) is 2.22. The normalized spacial score (nSPS) is 42.2. The van der Waals surface area contributed by atoms with Crippen molar-refractivity contribution in [3.63, 3.8) is 0 Å². The first-order chi connectivity index (χ1) is 7.06. The third kappa shape index (κ3) is 2.35. The summed E-state index contributed by atoms with van der Waals surface area (Å²) in [5.41, 5.74) is 5.87. The lowest BCUT2D eigenvalue weighted by Gasteiger charge is -2.44. The summed E-state index contributed by atoms with van der Waals surface area (Å²) in [4.78, 5) is 2.50. The van der Waals surface area contributed by atoms with Crippen molar-refractivity contribution in [2.75, 3.05) is 13.7 Å². The largest absolute Gasteiger partial charge is 0.394 e. The molecule has 2 rings (SSSR count). The van der Waals surface area contributed by atoms with E-state index in [1.165, 1.54) is 12.8 Å². The van der Waals surface area contributed by atoms with E-state index in [9.17, 15) is 5.11 Å². The fraction of sp³-hybridized carbons (Fsp3) is 1.00. The minimum atomic E-state index is -0.319. The molecule has 0 spiro atoms. The molecule has 3 N–H and O–H groups in total. The number of nitrogens with zero attached hydrogens (tertiary/aromatic N) is 1. The van der Waals surface area contributed by atoms with Crippen LogP contribution in [0.1, 0.15) is 39.0 Å². The van der Waals surface area contributed by atoms with Gasteiger partial charge in [-0.15, -0.1) is 0 Å².